The topological polar surface area (TPSA) is 67.0 Å². The number of rotatable bonds is 5. The quantitative estimate of drug-likeness (QED) is 0.515. The number of methoxy groups -OCH3 is 1. The first-order valence-electron chi connectivity index (χ1n) is 8.11. The lowest BCUT2D eigenvalue weighted by atomic mass is 10.2. The van der Waals surface area contributed by atoms with Crippen LogP contribution in [-0.4, -0.2) is 17.1 Å². The van der Waals surface area contributed by atoms with Crippen LogP contribution in [0, 0.1) is 0 Å². The van der Waals surface area contributed by atoms with E-state index in [4.69, 9.17) is 4.74 Å². The molecule has 132 valence electrons. The van der Waals surface area contributed by atoms with Gasteiger partial charge in [0.05, 0.1) is 18.5 Å². The van der Waals surface area contributed by atoms with E-state index in [1.165, 1.54) is 11.3 Å². The van der Waals surface area contributed by atoms with Crippen LogP contribution >= 0.6 is 22.7 Å². The first kappa shape index (κ1) is 16.8. The van der Waals surface area contributed by atoms with Crippen molar-refractivity contribution in [3.63, 3.8) is 0 Å². The molecule has 5 nitrogen and oxygen atoms in total. The smallest absolute Gasteiger partial charge is 0.260 e. The summed E-state index contributed by atoms with van der Waals surface area (Å²) in [6.45, 7) is 1.97. The second-order valence-corrected chi connectivity index (χ2v) is 7.66. The highest BCUT2D eigenvalue weighted by molar-refractivity contribution is 7.18. The third-order valence-electron chi connectivity index (χ3n) is 4.11. The van der Waals surface area contributed by atoms with E-state index in [-0.39, 0.29) is 11.6 Å². The second kappa shape index (κ2) is 6.93. The van der Waals surface area contributed by atoms with Crippen LogP contribution in [0.4, 0.5) is 5.69 Å². The van der Waals surface area contributed by atoms with Gasteiger partial charge in [0.15, 0.2) is 0 Å². The fourth-order valence-electron chi connectivity index (χ4n) is 2.82. The molecule has 3 aromatic heterocycles. The van der Waals surface area contributed by atoms with Gasteiger partial charge in [-0.3, -0.25) is 4.79 Å². The molecule has 0 aliphatic heterocycles. The minimum Gasteiger partial charge on any atom is -0.497 e. The highest BCUT2D eigenvalue weighted by Crippen LogP contribution is 2.34. The molecular weight excluding hydrogens is 366 g/mol. The fraction of sp³-hybridized carbons (Fsp3) is 0.158. The number of ether oxygens (including phenoxy) is 1. The average molecular weight is 383 g/mol. The van der Waals surface area contributed by atoms with Gasteiger partial charge in [-0.25, -0.2) is 4.98 Å². The summed E-state index contributed by atoms with van der Waals surface area (Å²) in [5.74, 6) is 1.39. The zero-order chi connectivity index (χ0) is 18.1. The van der Waals surface area contributed by atoms with Crippen LogP contribution in [0.25, 0.3) is 20.7 Å². The largest absolute Gasteiger partial charge is 0.497 e. The monoisotopic (exact) mass is 383 g/mol. The Morgan fingerprint density at radius 2 is 2.12 bits per heavy atom. The first-order valence-corrected chi connectivity index (χ1v) is 9.87. The number of nitrogens with one attached hydrogen (secondary N) is 2. The van der Waals surface area contributed by atoms with Crippen LogP contribution in [0.3, 0.4) is 0 Å². The number of fused-ring (bicyclic) bond motifs is 1. The van der Waals surface area contributed by atoms with Crippen LogP contribution in [0.2, 0.25) is 0 Å². The van der Waals surface area contributed by atoms with Gasteiger partial charge in [-0.1, -0.05) is 12.1 Å². The zero-order valence-corrected chi connectivity index (χ0v) is 15.9. The summed E-state index contributed by atoms with van der Waals surface area (Å²) in [7, 11) is 1.64. The van der Waals surface area contributed by atoms with E-state index in [2.05, 4.69) is 15.3 Å². The molecule has 0 aliphatic carbocycles. The number of nitrogens with zero attached hydrogens (tertiary/aromatic N) is 1. The van der Waals surface area contributed by atoms with Gasteiger partial charge in [0, 0.05) is 27.6 Å². The van der Waals surface area contributed by atoms with E-state index in [0.29, 0.717) is 11.2 Å². The normalized spacial score (nSPS) is 12.2. The summed E-state index contributed by atoms with van der Waals surface area (Å²) >= 11 is 3.12. The molecule has 7 heteroatoms. The Morgan fingerprint density at radius 3 is 2.88 bits per heavy atom. The zero-order valence-electron chi connectivity index (χ0n) is 14.3. The van der Waals surface area contributed by atoms with E-state index in [0.717, 1.165) is 26.7 Å². The summed E-state index contributed by atoms with van der Waals surface area (Å²) in [6, 6.07) is 11.5. The van der Waals surface area contributed by atoms with Crippen molar-refractivity contribution < 1.29 is 4.74 Å². The van der Waals surface area contributed by atoms with E-state index in [9.17, 15) is 4.79 Å². The molecule has 3 heterocycles. The maximum atomic E-state index is 12.7. The number of aromatic nitrogens is 2. The molecule has 0 bridgehead atoms. The van der Waals surface area contributed by atoms with Gasteiger partial charge in [0.25, 0.3) is 5.56 Å². The van der Waals surface area contributed by atoms with Crippen molar-refractivity contribution in [2.24, 2.45) is 0 Å². The van der Waals surface area contributed by atoms with Crippen molar-refractivity contribution in [2.75, 3.05) is 12.4 Å². The number of benzene rings is 1. The molecule has 1 aromatic carbocycles. The van der Waals surface area contributed by atoms with E-state index in [1.807, 2.05) is 54.1 Å². The van der Waals surface area contributed by atoms with Crippen LogP contribution in [0.1, 0.15) is 18.8 Å². The van der Waals surface area contributed by atoms with Gasteiger partial charge in [-0.05, 0) is 30.5 Å². The molecule has 0 radical (unpaired) electrons. The Kier molecular flexibility index (Phi) is 4.48. The van der Waals surface area contributed by atoms with E-state index < -0.39 is 0 Å². The summed E-state index contributed by atoms with van der Waals surface area (Å²) in [4.78, 5) is 22.2. The number of thiophene rings is 2. The third-order valence-corrected chi connectivity index (χ3v) is 5.89. The van der Waals surface area contributed by atoms with Crippen LogP contribution < -0.4 is 15.6 Å². The molecule has 0 unspecified atom stereocenters. The maximum Gasteiger partial charge on any atom is 0.260 e. The van der Waals surface area contributed by atoms with Gasteiger partial charge >= 0.3 is 0 Å². The molecule has 4 aromatic rings. The summed E-state index contributed by atoms with van der Waals surface area (Å²) in [5.41, 5.74) is 1.76. The number of hydrogen-bond acceptors (Lipinski definition) is 6. The molecule has 0 saturated carbocycles. The number of anilines is 1. The van der Waals surface area contributed by atoms with Crippen LogP contribution in [0.15, 0.2) is 52.0 Å². The van der Waals surface area contributed by atoms with Crippen LogP contribution in [-0.2, 0) is 0 Å². The van der Waals surface area contributed by atoms with E-state index in [1.54, 1.807) is 18.4 Å². The highest BCUT2D eigenvalue weighted by atomic mass is 32.1. The lowest BCUT2D eigenvalue weighted by Gasteiger charge is -2.15. The van der Waals surface area contributed by atoms with Crippen molar-refractivity contribution in [2.45, 2.75) is 13.0 Å². The molecular formula is C19H17N3O2S2. The molecule has 0 amide bonds. The highest BCUT2D eigenvalue weighted by Gasteiger charge is 2.16. The Balaban J connectivity index is 1.68. The third kappa shape index (κ3) is 3.11. The van der Waals surface area contributed by atoms with Crippen LogP contribution in [0.5, 0.6) is 5.75 Å². The second-order valence-electron chi connectivity index (χ2n) is 5.86. The molecule has 0 fully saturated rings. The minimum atomic E-state index is -0.147. The molecule has 0 spiro atoms. The summed E-state index contributed by atoms with van der Waals surface area (Å²) in [6.07, 6.45) is 0. The number of H-pyrrole nitrogens is 1. The summed E-state index contributed by atoms with van der Waals surface area (Å²) < 4.78 is 5.25. The minimum absolute atomic E-state index is 0.103. The lowest BCUT2D eigenvalue weighted by Crippen LogP contribution is -2.17. The van der Waals surface area contributed by atoms with Gasteiger partial charge in [0.1, 0.15) is 16.4 Å². The fourth-order valence-corrected chi connectivity index (χ4v) is 4.58. The molecule has 2 N–H and O–H groups in total. The molecule has 26 heavy (non-hydrogen) atoms. The van der Waals surface area contributed by atoms with Crippen molar-refractivity contribution in [3.8, 4) is 16.2 Å². The number of hydrogen-bond donors (Lipinski definition) is 2. The predicted molar refractivity (Wildman–Crippen MR) is 109 cm³/mol. The Morgan fingerprint density at radius 1 is 1.23 bits per heavy atom. The Bertz CT molecular complexity index is 1100. The van der Waals surface area contributed by atoms with E-state index >= 15 is 0 Å². The van der Waals surface area contributed by atoms with Gasteiger partial charge in [-0.15, -0.1) is 22.7 Å². The van der Waals surface area contributed by atoms with Gasteiger partial charge < -0.3 is 15.0 Å². The maximum absolute atomic E-state index is 12.7. The lowest BCUT2D eigenvalue weighted by molar-refractivity contribution is 0.415. The van der Waals surface area contributed by atoms with Crippen molar-refractivity contribution >= 4 is 38.6 Å². The molecule has 4 rings (SSSR count). The molecule has 0 aliphatic rings. The average Bonchev–Trinajstić information content (AvgIpc) is 3.31. The Labute approximate surface area is 158 Å². The first-order chi connectivity index (χ1) is 12.7. The Hall–Kier alpha value is -2.64. The van der Waals surface area contributed by atoms with Crippen molar-refractivity contribution in [3.05, 3.63) is 63.3 Å². The predicted octanol–water partition coefficient (Wildman–Crippen LogP) is 4.89. The van der Waals surface area contributed by atoms with Gasteiger partial charge in [0.2, 0.25) is 0 Å². The molecule has 0 saturated heterocycles. The SMILES string of the molecule is COc1cccc(N[C@@H](C)c2nc3scc(-c4cccs4)c3c(=O)[nH]2)c1. The van der Waals surface area contributed by atoms with Crippen molar-refractivity contribution in [1.82, 2.24) is 9.97 Å². The molecule has 1 atom stereocenters. The standard InChI is InChI=1S/C19H17N3O2S2/c1-11(20-12-5-3-6-13(9-12)24-2)17-21-18(23)16-14(10-26-19(16)22-17)15-7-4-8-25-15/h3-11,20H,1-2H3,(H,21,22,23)/t11-/m0/s1. The van der Waals surface area contributed by atoms with Gasteiger partial charge in [-0.2, -0.15) is 0 Å². The summed E-state index contributed by atoms with van der Waals surface area (Å²) in [5, 5.41) is 8.03. The van der Waals surface area contributed by atoms with Crippen molar-refractivity contribution in [1.29, 1.82) is 0 Å². The number of aromatic amines is 1.